The van der Waals surface area contributed by atoms with Crippen molar-refractivity contribution < 1.29 is 9.90 Å². The summed E-state index contributed by atoms with van der Waals surface area (Å²) in [4.78, 5) is 10.3. The van der Waals surface area contributed by atoms with Crippen molar-refractivity contribution in [3.63, 3.8) is 0 Å². The van der Waals surface area contributed by atoms with Gasteiger partial charge in [0.2, 0.25) is 0 Å². The predicted molar refractivity (Wildman–Crippen MR) is 44.3 cm³/mol. The molecule has 2 N–H and O–H groups in total. The maximum atomic E-state index is 10.3. The number of rotatable bonds is 1. The molecular weight excluding hydrogens is 158 g/mol. The van der Waals surface area contributed by atoms with Crippen LogP contribution in [0, 0.1) is 13.8 Å². The molecule has 0 spiro atoms. The van der Waals surface area contributed by atoms with Crippen molar-refractivity contribution in [1.82, 2.24) is 9.78 Å². The van der Waals surface area contributed by atoms with Crippen molar-refractivity contribution >= 4 is 11.8 Å². The number of anilines is 1. The van der Waals surface area contributed by atoms with E-state index in [9.17, 15) is 4.79 Å². The molecule has 0 aliphatic heterocycles. The highest BCUT2D eigenvalue weighted by atomic mass is 16.4. The zero-order valence-electron chi connectivity index (χ0n) is 7.25. The second kappa shape index (κ2) is 2.84. The van der Waals surface area contributed by atoms with E-state index in [0.29, 0.717) is 11.4 Å². The van der Waals surface area contributed by atoms with E-state index in [4.69, 9.17) is 5.11 Å². The first-order valence-electron chi connectivity index (χ1n) is 3.52. The van der Waals surface area contributed by atoms with Crippen molar-refractivity contribution in [2.75, 3.05) is 5.32 Å². The second-order valence-corrected chi connectivity index (χ2v) is 2.60. The maximum absolute atomic E-state index is 10.3. The highest BCUT2D eigenvalue weighted by Gasteiger charge is 2.10. The first kappa shape index (κ1) is 8.58. The number of nitrogens with zero attached hydrogens (tertiary/aromatic N) is 2. The summed E-state index contributed by atoms with van der Waals surface area (Å²) in [5.74, 6) is 0. The Hall–Kier alpha value is -1.52. The summed E-state index contributed by atoms with van der Waals surface area (Å²) in [5.41, 5.74) is 2.08. The van der Waals surface area contributed by atoms with Crippen LogP contribution < -0.4 is 5.32 Å². The van der Waals surface area contributed by atoms with E-state index in [0.717, 1.165) is 5.69 Å². The quantitative estimate of drug-likeness (QED) is 0.662. The zero-order valence-corrected chi connectivity index (χ0v) is 7.25. The molecule has 0 radical (unpaired) electrons. The van der Waals surface area contributed by atoms with Gasteiger partial charge in [-0.3, -0.25) is 10.00 Å². The van der Waals surface area contributed by atoms with Crippen LogP contribution in [0.15, 0.2) is 0 Å². The van der Waals surface area contributed by atoms with Crippen LogP contribution in [0.2, 0.25) is 0 Å². The minimum absolute atomic E-state index is 0.574. The van der Waals surface area contributed by atoms with E-state index < -0.39 is 6.09 Å². The molecule has 1 rings (SSSR count). The lowest BCUT2D eigenvalue weighted by Crippen LogP contribution is -2.08. The monoisotopic (exact) mass is 169 g/mol. The largest absolute Gasteiger partial charge is 0.465 e. The number of carbonyl (C=O) groups is 1. The van der Waals surface area contributed by atoms with Crippen LogP contribution in [0.4, 0.5) is 10.5 Å². The summed E-state index contributed by atoms with van der Waals surface area (Å²) < 4.78 is 1.64. The fraction of sp³-hybridized carbons (Fsp3) is 0.429. The Labute approximate surface area is 70.0 Å². The molecule has 5 nitrogen and oxygen atoms in total. The number of aromatic nitrogens is 2. The number of amides is 1. The molecular formula is C7H11N3O2. The van der Waals surface area contributed by atoms with Gasteiger partial charge in [0.15, 0.2) is 0 Å². The van der Waals surface area contributed by atoms with Gasteiger partial charge in [0.25, 0.3) is 0 Å². The summed E-state index contributed by atoms with van der Waals surface area (Å²) in [6, 6.07) is 0. The molecule has 1 heterocycles. The summed E-state index contributed by atoms with van der Waals surface area (Å²) >= 11 is 0. The van der Waals surface area contributed by atoms with Crippen molar-refractivity contribution in [1.29, 1.82) is 0 Å². The molecule has 66 valence electrons. The number of carboxylic acid groups (broad SMARTS) is 1. The number of aryl methyl sites for hydroxylation is 2. The summed E-state index contributed by atoms with van der Waals surface area (Å²) in [6.45, 7) is 3.57. The van der Waals surface area contributed by atoms with Crippen LogP contribution in [0.3, 0.4) is 0 Å². The third-order valence-corrected chi connectivity index (χ3v) is 1.74. The highest BCUT2D eigenvalue weighted by Crippen LogP contribution is 2.17. The van der Waals surface area contributed by atoms with E-state index in [1.54, 1.807) is 18.7 Å². The molecule has 0 fully saturated rings. The lowest BCUT2D eigenvalue weighted by atomic mass is 10.3. The van der Waals surface area contributed by atoms with Gasteiger partial charge in [0.05, 0.1) is 17.1 Å². The Morgan fingerprint density at radius 1 is 1.58 bits per heavy atom. The SMILES string of the molecule is Cc1nn(C)c(C)c1NC(=O)O. The molecule has 1 aromatic rings. The van der Waals surface area contributed by atoms with Crippen molar-refractivity contribution in [2.24, 2.45) is 7.05 Å². The average molecular weight is 169 g/mol. The number of hydrogen-bond acceptors (Lipinski definition) is 2. The van der Waals surface area contributed by atoms with Crippen molar-refractivity contribution in [3.05, 3.63) is 11.4 Å². The van der Waals surface area contributed by atoms with E-state index in [2.05, 4.69) is 10.4 Å². The molecule has 0 saturated carbocycles. The van der Waals surface area contributed by atoms with Gasteiger partial charge < -0.3 is 5.11 Å². The summed E-state index contributed by atoms with van der Waals surface area (Å²) in [5, 5.41) is 14.8. The van der Waals surface area contributed by atoms with Crippen molar-refractivity contribution in [2.45, 2.75) is 13.8 Å². The van der Waals surface area contributed by atoms with E-state index in [-0.39, 0.29) is 0 Å². The topological polar surface area (TPSA) is 67.2 Å². The van der Waals surface area contributed by atoms with Gasteiger partial charge in [0.1, 0.15) is 0 Å². The van der Waals surface area contributed by atoms with Crippen molar-refractivity contribution in [3.8, 4) is 0 Å². The Balaban J connectivity index is 3.05. The summed E-state index contributed by atoms with van der Waals surface area (Å²) in [6.07, 6.45) is -1.06. The molecule has 1 aromatic heterocycles. The maximum Gasteiger partial charge on any atom is 0.409 e. The molecule has 12 heavy (non-hydrogen) atoms. The molecule has 0 atom stereocenters. The fourth-order valence-corrected chi connectivity index (χ4v) is 1.06. The molecule has 0 aliphatic carbocycles. The number of hydrogen-bond donors (Lipinski definition) is 2. The minimum Gasteiger partial charge on any atom is -0.465 e. The van der Waals surface area contributed by atoms with Crippen LogP contribution in [-0.2, 0) is 7.05 Å². The Bertz CT molecular complexity index is 317. The van der Waals surface area contributed by atoms with Crippen LogP contribution in [0.1, 0.15) is 11.4 Å². The Kier molecular flexibility index (Phi) is 2.03. The third kappa shape index (κ3) is 1.39. The van der Waals surface area contributed by atoms with Crippen LogP contribution in [0.25, 0.3) is 0 Å². The molecule has 0 bridgehead atoms. The predicted octanol–water partition coefficient (Wildman–Crippen LogP) is 1.13. The van der Waals surface area contributed by atoms with Gasteiger partial charge in [-0.05, 0) is 13.8 Å². The molecule has 5 heteroatoms. The first-order chi connectivity index (χ1) is 5.52. The van der Waals surface area contributed by atoms with Crippen LogP contribution in [-0.4, -0.2) is 21.0 Å². The van der Waals surface area contributed by atoms with Crippen LogP contribution in [0.5, 0.6) is 0 Å². The van der Waals surface area contributed by atoms with Gasteiger partial charge in [-0.1, -0.05) is 0 Å². The first-order valence-corrected chi connectivity index (χ1v) is 3.52. The smallest absolute Gasteiger partial charge is 0.409 e. The van der Waals surface area contributed by atoms with Crippen LogP contribution >= 0.6 is 0 Å². The average Bonchev–Trinajstić information content (AvgIpc) is 2.16. The minimum atomic E-state index is -1.06. The lowest BCUT2D eigenvalue weighted by molar-refractivity contribution is 0.209. The normalized spacial score (nSPS) is 9.92. The molecule has 0 unspecified atom stereocenters. The van der Waals surface area contributed by atoms with E-state index >= 15 is 0 Å². The molecule has 0 aromatic carbocycles. The van der Waals surface area contributed by atoms with Gasteiger partial charge in [0, 0.05) is 7.05 Å². The second-order valence-electron chi connectivity index (χ2n) is 2.60. The van der Waals surface area contributed by atoms with E-state index in [1.165, 1.54) is 0 Å². The molecule has 0 saturated heterocycles. The standard InChI is InChI=1S/C7H11N3O2/c1-4-6(8-7(11)12)5(2)10(3)9-4/h8H,1-3H3,(H,11,12). The third-order valence-electron chi connectivity index (χ3n) is 1.74. The highest BCUT2D eigenvalue weighted by molar-refractivity contribution is 5.84. The fourth-order valence-electron chi connectivity index (χ4n) is 1.06. The Morgan fingerprint density at radius 2 is 2.17 bits per heavy atom. The van der Waals surface area contributed by atoms with E-state index in [1.807, 2.05) is 6.92 Å². The molecule has 0 aliphatic rings. The van der Waals surface area contributed by atoms with Gasteiger partial charge in [-0.2, -0.15) is 5.10 Å². The zero-order chi connectivity index (χ0) is 9.30. The molecule has 1 amide bonds. The van der Waals surface area contributed by atoms with Gasteiger partial charge in [-0.25, -0.2) is 4.79 Å². The summed E-state index contributed by atoms with van der Waals surface area (Å²) in [7, 11) is 1.77. The Morgan fingerprint density at radius 3 is 2.50 bits per heavy atom. The van der Waals surface area contributed by atoms with Gasteiger partial charge >= 0.3 is 6.09 Å². The lowest BCUT2D eigenvalue weighted by Gasteiger charge is -1.99. The number of nitrogens with one attached hydrogen (secondary N) is 1. The van der Waals surface area contributed by atoms with Gasteiger partial charge in [-0.15, -0.1) is 0 Å².